The first-order chi connectivity index (χ1) is 8.19. The maximum atomic E-state index is 5.92. The molecule has 0 fully saturated rings. The highest BCUT2D eigenvalue weighted by Crippen LogP contribution is 2.24. The number of benzene rings is 1. The third kappa shape index (κ3) is 7.24. The summed E-state index contributed by atoms with van der Waals surface area (Å²) >= 11 is 5.92. The molecule has 0 atom stereocenters. The van der Waals surface area contributed by atoms with E-state index < -0.39 is 0 Å². The molecular weight excluding hydrogens is 234 g/mol. The second kappa shape index (κ2) is 10.4. The van der Waals surface area contributed by atoms with Gasteiger partial charge in [-0.15, -0.1) is 0 Å². The molecule has 0 aliphatic heterocycles. The number of rotatable bonds is 5. The minimum absolute atomic E-state index is 0.666. The highest BCUT2D eigenvalue weighted by Gasteiger charge is 2.01. The average molecular weight is 258 g/mol. The summed E-state index contributed by atoms with van der Waals surface area (Å²) in [6.07, 6.45) is 2.25. The molecule has 0 saturated carbocycles. The van der Waals surface area contributed by atoms with Gasteiger partial charge in [0.1, 0.15) is 5.75 Å². The number of halogens is 1. The molecule has 0 aliphatic carbocycles. The molecular formula is C14H24ClNO. The standard InChI is InChI=1S/C11H16ClNO.C3H8/c1-3-13-7-6-9-4-5-10(12)11(8-9)14-2;1-3-2/h4-5,8,13H,3,6-7H2,1-2H3;3H2,1-2H3. The molecule has 0 heterocycles. The fourth-order valence-corrected chi connectivity index (χ4v) is 1.46. The van der Waals surface area contributed by atoms with Crippen molar-refractivity contribution in [3.05, 3.63) is 28.8 Å². The van der Waals surface area contributed by atoms with Crippen LogP contribution in [0.3, 0.4) is 0 Å². The lowest BCUT2D eigenvalue weighted by Crippen LogP contribution is -2.15. The van der Waals surface area contributed by atoms with Crippen LogP contribution in [0.15, 0.2) is 18.2 Å². The van der Waals surface area contributed by atoms with Crippen LogP contribution in [0.25, 0.3) is 0 Å². The Labute approximate surface area is 110 Å². The molecule has 17 heavy (non-hydrogen) atoms. The topological polar surface area (TPSA) is 21.3 Å². The van der Waals surface area contributed by atoms with Crippen LogP contribution in [0, 0.1) is 0 Å². The molecule has 1 N–H and O–H groups in total. The van der Waals surface area contributed by atoms with Gasteiger partial charge in [-0.25, -0.2) is 0 Å². The van der Waals surface area contributed by atoms with Crippen molar-refractivity contribution >= 4 is 11.6 Å². The molecule has 2 nitrogen and oxygen atoms in total. The van der Waals surface area contributed by atoms with Crippen molar-refractivity contribution in [2.24, 2.45) is 0 Å². The van der Waals surface area contributed by atoms with Gasteiger partial charge >= 0.3 is 0 Å². The number of likely N-dealkylation sites (N-methyl/N-ethyl adjacent to an activating group) is 1. The van der Waals surface area contributed by atoms with Crippen LogP contribution in [0.2, 0.25) is 5.02 Å². The van der Waals surface area contributed by atoms with Gasteiger partial charge in [0.15, 0.2) is 0 Å². The Kier molecular flexibility index (Phi) is 9.98. The summed E-state index contributed by atoms with van der Waals surface area (Å²) in [6.45, 7) is 8.34. The number of hydrogen-bond donors (Lipinski definition) is 1. The minimum Gasteiger partial charge on any atom is -0.495 e. The highest BCUT2D eigenvalue weighted by molar-refractivity contribution is 6.32. The van der Waals surface area contributed by atoms with E-state index in [1.807, 2.05) is 18.2 Å². The minimum atomic E-state index is 0.666. The van der Waals surface area contributed by atoms with E-state index >= 15 is 0 Å². The largest absolute Gasteiger partial charge is 0.495 e. The fraction of sp³-hybridized carbons (Fsp3) is 0.571. The van der Waals surface area contributed by atoms with E-state index in [0.29, 0.717) is 5.02 Å². The molecule has 0 bridgehead atoms. The quantitative estimate of drug-likeness (QED) is 0.808. The van der Waals surface area contributed by atoms with Crippen molar-refractivity contribution in [1.82, 2.24) is 5.32 Å². The van der Waals surface area contributed by atoms with Crippen molar-refractivity contribution in [1.29, 1.82) is 0 Å². The van der Waals surface area contributed by atoms with Crippen molar-refractivity contribution in [2.45, 2.75) is 33.6 Å². The SMILES string of the molecule is CCC.CCNCCc1ccc(Cl)c(OC)c1. The van der Waals surface area contributed by atoms with Crippen LogP contribution in [0.5, 0.6) is 5.75 Å². The molecule has 0 radical (unpaired) electrons. The number of nitrogens with one attached hydrogen (secondary N) is 1. The fourth-order valence-electron chi connectivity index (χ4n) is 1.27. The Morgan fingerprint density at radius 1 is 1.24 bits per heavy atom. The van der Waals surface area contributed by atoms with Gasteiger partial charge < -0.3 is 10.1 Å². The molecule has 1 rings (SSSR count). The van der Waals surface area contributed by atoms with Gasteiger partial charge in [-0.3, -0.25) is 0 Å². The molecule has 0 amide bonds. The lowest BCUT2D eigenvalue weighted by atomic mass is 10.1. The van der Waals surface area contributed by atoms with Crippen LogP contribution in [0.4, 0.5) is 0 Å². The lowest BCUT2D eigenvalue weighted by molar-refractivity contribution is 0.414. The first-order valence-electron chi connectivity index (χ1n) is 6.22. The summed E-state index contributed by atoms with van der Waals surface area (Å²) in [5, 5.41) is 3.94. The van der Waals surface area contributed by atoms with Gasteiger partial charge in [-0.05, 0) is 37.2 Å². The highest BCUT2D eigenvalue weighted by atomic mass is 35.5. The smallest absolute Gasteiger partial charge is 0.137 e. The maximum Gasteiger partial charge on any atom is 0.137 e. The summed E-state index contributed by atoms with van der Waals surface area (Å²) in [5.74, 6) is 0.751. The Bertz CT molecular complexity index is 302. The van der Waals surface area contributed by atoms with E-state index in [0.717, 1.165) is 25.3 Å². The monoisotopic (exact) mass is 257 g/mol. The summed E-state index contributed by atoms with van der Waals surface area (Å²) in [7, 11) is 1.63. The van der Waals surface area contributed by atoms with Crippen LogP contribution in [0.1, 0.15) is 32.8 Å². The molecule has 0 aliphatic rings. The normalized spacial score (nSPS) is 9.47. The molecule has 0 saturated heterocycles. The Balaban J connectivity index is 0.000000770. The first kappa shape index (κ1) is 16.3. The Morgan fingerprint density at radius 2 is 1.88 bits per heavy atom. The number of hydrogen-bond acceptors (Lipinski definition) is 2. The Hall–Kier alpha value is -0.730. The van der Waals surface area contributed by atoms with Gasteiger partial charge in [0.05, 0.1) is 12.1 Å². The van der Waals surface area contributed by atoms with Gasteiger partial charge in [0.25, 0.3) is 0 Å². The maximum absolute atomic E-state index is 5.92. The molecule has 0 spiro atoms. The van der Waals surface area contributed by atoms with Crippen LogP contribution >= 0.6 is 11.6 Å². The summed E-state index contributed by atoms with van der Waals surface area (Å²) in [4.78, 5) is 0. The van der Waals surface area contributed by atoms with Gasteiger partial charge in [0.2, 0.25) is 0 Å². The third-order valence-electron chi connectivity index (χ3n) is 2.06. The Morgan fingerprint density at radius 3 is 2.41 bits per heavy atom. The lowest BCUT2D eigenvalue weighted by Gasteiger charge is -2.06. The molecule has 98 valence electrons. The van der Waals surface area contributed by atoms with Gasteiger partial charge in [0, 0.05) is 0 Å². The van der Waals surface area contributed by atoms with Crippen molar-refractivity contribution in [3.8, 4) is 5.75 Å². The van der Waals surface area contributed by atoms with Crippen molar-refractivity contribution < 1.29 is 4.74 Å². The molecule has 0 unspecified atom stereocenters. The predicted octanol–water partition coefficient (Wildman–Crippen LogP) is 3.92. The second-order valence-electron chi connectivity index (χ2n) is 3.78. The van der Waals surface area contributed by atoms with Crippen molar-refractivity contribution in [3.63, 3.8) is 0 Å². The summed E-state index contributed by atoms with van der Waals surface area (Å²) in [5.41, 5.74) is 1.24. The van der Waals surface area contributed by atoms with E-state index in [2.05, 4.69) is 26.1 Å². The predicted molar refractivity (Wildman–Crippen MR) is 76.2 cm³/mol. The van der Waals surface area contributed by atoms with E-state index in [9.17, 15) is 0 Å². The third-order valence-corrected chi connectivity index (χ3v) is 2.37. The average Bonchev–Trinajstić information content (AvgIpc) is 2.32. The van der Waals surface area contributed by atoms with Crippen LogP contribution < -0.4 is 10.1 Å². The first-order valence-corrected chi connectivity index (χ1v) is 6.60. The summed E-state index contributed by atoms with van der Waals surface area (Å²) < 4.78 is 5.14. The second-order valence-corrected chi connectivity index (χ2v) is 4.19. The number of ether oxygens (including phenoxy) is 1. The zero-order valence-corrected chi connectivity index (χ0v) is 12.1. The van der Waals surface area contributed by atoms with Gasteiger partial charge in [-0.1, -0.05) is 44.9 Å². The molecule has 0 aromatic heterocycles. The van der Waals surface area contributed by atoms with Crippen molar-refractivity contribution in [2.75, 3.05) is 20.2 Å². The van der Waals surface area contributed by atoms with Crippen LogP contribution in [-0.4, -0.2) is 20.2 Å². The van der Waals surface area contributed by atoms with E-state index in [4.69, 9.17) is 16.3 Å². The molecule has 3 heteroatoms. The molecule has 1 aromatic rings. The van der Waals surface area contributed by atoms with E-state index in [1.54, 1.807) is 7.11 Å². The van der Waals surface area contributed by atoms with Gasteiger partial charge in [-0.2, -0.15) is 0 Å². The zero-order chi connectivity index (χ0) is 13.1. The number of methoxy groups -OCH3 is 1. The van der Waals surface area contributed by atoms with E-state index in [1.165, 1.54) is 12.0 Å². The van der Waals surface area contributed by atoms with Crippen LogP contribution in [-0.2, 0) is 6.42 Å². The van der Waals surface area contributed by atoms with E-state index in [-0.39, 0.29) is 0 Å². The summed E-state index contributed by atoms with van der Waals surface area (Å²) in [6, 6.07) is 5.89. The zero-order valence-electron chi connectivity index (χ0n) is 11.3. The molecule has 1 aromatic carbocycles.